The molecule has 4 heteroatoms. The van der Waals surface area contributed by atoms with E-state index in [0.29, 0.717) is 13.0 Å². The number of hydrogen-bond acceptors (Lipinski definition) is 3. The molecular formula is C14H30N2O2. The number of nitrogens with one attached hydrogen (secondary N) is 1. The first-order chi connectivity index (χ1) is 8.66. The Balaban J connectivity index is 3.17. The van der Waals surface area contributed by atoms with Gasteiger partial charge in [0.05, 0.1) is 6.10 Å². The second-order valence-corrected chi connectivity index (χ2v) is 4.98. The fraction of sp³-hybridized carbons (Fsp3) is 0.929. The van der Waals surface area contributed by atoms with E-state index in [2.05, 4.69) is 12.2 Å². The second-order valence-electron chi connectivity index (χ2n) is 4.98. The Hall–Kier alpha value is -0.610. The summed E-state index contributed by atoms with van der Waals surface area (Å²) >= 11 is 0. The lowest BCUT2D eigenvalue weighted by Gasteiger charge is -2.11. The van der Waals surface area contributed by atoms with Crippen molar-refractivity contribution in [3.63, 3.8) is 0 Å². The van der Waals surface area contributed by atoms with Crippen molar-refractivity contribution in [2.24, 2.45) is 5.73 Å². The number of carbonyl (C=O) groups is 1. The normalized spacial score (nSPS) is 12.6. The molecule has 4 N–H and O–H groups in total. The van der Waals surface area contributed by atoms with Crippen LogP contribution in [0.5, 0.6) is 0 Å². The molecule has 0 aromatic heterocycles. The van der Waals surface area contributed by atoms with E-state index in [1.165, 1.54) is 32.1 Å². The van der Waals surface area contributed by atoms with Gasteiger partial charge in [-0.3, -0.25) is 4.79 Å². The van der Waals surface area contributed by atoms with Crippen molar-refractivity contribution >= 4 is 5.91 Å². The molecule has 0 aliphatic carbocycles. The highest BCUT2D eigenvalue weighted by Crippen LogP contribution is 2.08. The number of aliphatic hydroxyl groups is 1. The van der Waals surface area contributed by atoms with Gasteiger partial charge < -0.3 is 16.2 Å². The van der Waals surface area contributed by atoms with Gasteiger partial charge in [0.1, 0.15) is 0 Å². The predicted octanol–water partition coefficient (Wildman–Crippen LogP) is 1.95. The number of aliphatic hydroxyl groups excluding tert-OH is 1. The molecule has 0 spiro atoms. The molecule has 0 aliphatic rings. The van der Waals surface area contributed by atoms with Crippen molar-refractivity contribution in [1.82, 2.24) is 5.32 Å². The van der Waals surface area contributed by atoms with Gasteiger partial charge in [0, 0.05) is 13.0 Å². The summed E-state index contributed by atoms with van der Waals surface area (Å²) in [4.78, 5) is 10.5. The van der Waals surface area contributed by atoms with Crippen LogP contribution in [-0.2, 0) is 4.79 Å². The van der Waals surface area contributed by atoms with Gasteiger partial charge in [-0.05, 0) is 19.4 Å². The first kappa shape index (κ1) is 17.4. The summed E-state index contributed by atoms with van der Waals surface area (Å²) in [5.74, 6) is -0.260. The lowest BCUT2D eigenvalue weighted by molar-refractivity contribution is -0.118. The highest BCUT2D eigenvalue weighted by molar-refractivity contribution is 5.73. The van der Waals surface area contributed by atoms with Gasteiger partial charge in [0.2, 0.25) is 5.91 Å². The Bertz CT molecular complexity index is 198. The van der Waals surface area contributed by atoms with Crippen LogP contribution in [0, 0.1) is 0 Å². The molecule has 0 aliphatic heterocycles. The molecule has 18 heavy (non-hydrogen) atoms. The van der Waals surface area contributed by atoms with Crippen LogP contribution < -0.4 is 11.1 Å². The fourth-order valence-corrected chi connectivity index (χ4v) is 1.92. The second kappa shape index (κ2) is 12.8. The largest absolute Gasteiger partial charge is 0.392 e. The van der Waals surface area contributed by atoms with E-state index in [-0.39, 0.29) is 12.0 Å². The molecule has 0 rings (SSSR count). The minimum absolute atomic E-state index is 0.259. The highest BCUT2D eigenvalue weighted by atomic mass is 16.3. The molecule has 4 nitrogen and oxygen atoms in total. The molecule has 0 saturated carbocycles. The number of rotatable bonds is 13. The lowest BCUT2D eigenvalue weighted by atomic mass is 10.1. The van der Waals surface area contributed by atoms with Crippen molar-refractivity contribution in [1.29, 1.82) is 0 Å². The molecule has 0 aromatic carbocycles. The third kappa shape index (κ3) is 13.5. The first-order valence-corrected chi connectivity index (χ1v) is 7.34. The van der Waals surface area contributed by atoms with E-state index in [0.717, 1.165) is 25.8 Å². The van der Waals surface area contributed by atoms with Crippen LogP contribution in [0.4, 0.5) is 0 Å². The Kier molecular flexibility index (Phi) is 12.4. The van der Waals surface area contributed by atoms with Crippen molar-refractivity contribution in [2.75, 3.05) is 13.1 Å². The van der Waals surface area contributed by atoms with Gasteiger partial charge >= 0.3 is 0 Å². The maximum absolute atomic E-state index is 10.5. The third-order valence-electron chi connectivity index (χ3n) is 3.05. The summed E-state index contributed by atoms with van der Waals surface area (Å²) in [6.45, 7) is 3.58. The average molecular weight is 258 g/mol. The maximum atomic E-state index is 10.5. The number of unbranched alkanes of at least 4 members (excludes halogenated alkanes) is 5. The van der Waals surface area contributed by atoms with Gasteiger partial charge in [0.25, 0.3) is 0 Å². The molecule has 1 amide bonds. The summed E-state index contributed by atoms with van der Waals surface area (Å²) in [5, 5.41) is 12.9. The Morgan fingerprint density at radius 3 is 2.50 bits per heavy atom. The third-order valence-corrected chi connectivity index (χ3v) is 3.05. The van der Waals surface area contributed by atoms with Crippen LogP contribution in [0.3, 0.4) is 0 Å². The number of nitrogens with two attached hydrogens (primary N) is 1. The van der Waals surface area contributed by atoms with E-state index in [4.69, 9.17) is 5.73 Å². The van der Waals surface area contributed by atoms with Crippen LogP contribution >= 0.6 is 0 Å². The number of primary amides is 1. The van der Waals surface area contributed by atoms with Crippen LogP contribution in [0.25, 0.3) is 0 Å². The van der Waals surface area contributed by atoms with Crippen LogP contribution in [0.2, 0.25) is 0 Å². The topological polar surface area (TPSA) is 75.3 Å². The lowest BCUT2D eigenvalue weighted by Crippen LogP contribution is -2.28. The standard InChI is InChI=1S/C14H30N2O2/c1-2-3-4-5-6-7-9-13(17)12-16-11-8-10-14(15)18/h13,16-17H,2-12H2,1H3,(H2,15,18). The SMILES string of the molecule is CCCCCCCCC(O)CNCCCC(N)=O. The summed E-state index contributed by atoms with van der Waals surface area (Å²) in [6.07, 6.45) is 9.30. The monoisotopic (exact) mass is 258 g/mol. The van der Waals surface area contributed by atoms with E-state index in [9.17, 15) is 9.90 Å². The molecule has 0 bridgehead atoms. The van der Waals surface area contributed by atoms with Crippen LogP contribution in [0.15, 0.2) is 0 Å². The average Bonchev–Trinajstić information content (AvgIpc) is 2.33. The van der Waals surface area contributed by atoms with Crippen molar-refractivity contribution in [3.05, 3.63) is 0 Å². The summed E-state index contributed by atoms with van der Waals surface area (Å²) in [7, 11) is 0. The molecule has 0 aromatic rings. The number of amides is 1. The summed E-state index contributed by atoms with van der Waals surface area (Å²) in [6, 6.07) is 0. The highest BCUT2D eigenvalue weighted by Gasteiger charge is 2.03. The maximum Gasteiger partial charge on any atom is 0.217 e. The molecule has 0 fully saturated rings. The van der Waals surface area contributed by atoms with Gasteiger partial charge in [-0.1, -0.05) is 45.4 Å². The molecule has 108 valence electrons. The molecule has 0 saturated heterocycles. The minimum atomic E-state index is -0.260. The van der Waals surface area contributed by atoms with E-state index < -0.39 is 0 Å². The molecule has 1 atom stereocenters. The van der Waals surface area contributed by atoms with Gasteiger partial charge in [-0.25, -0.2) is 0 Å². The zero-order valence-corrected chi connectivity index (χ0v) is 11.8. The molecule has 1 unspecified atom stereocenters. The van der Waals surface area contributed by atoms with Gasteiger partial charge in [-0.2, -0.15) is 0 Å². The fourth-order valence-electron chi connectivity index (χ4n) is 1.92. The number of carbonyl (C=O) groups excluding carboxylic acids is 1. The summed E-state index contributed by atoms with van der Waals surface area (Å²) < 4.78 is 0. The van der Waals surface area contributed by atoms with Crippen molar-refractivity contribution < 1.29 is 9.90 Å². The van der Waals surface area contributed by atoms with E-state index in [1.807, 2.05) is 0 Å². The van der Waals surface area contributed by atoms with Gasteiger partial charge in [-0.15, -0.1) is 0 Å². The molecular weight excluding hydrogens is 228 g/mol. The zero-order valence-electron chi connectivity index (χ0n) is 11.8. The molecule has 0 heterocycles. The smallest absolute Gasteiger partial charge is 0.217 e. The Morgan fingerprint density at radius 2 is 1.83 bits per heavy atom. The number of hydrogen-bond donors (Lipinski definition) is 3. The van der Waals surface area contributed by atoms with Crippen LogP contribution in [-0.4, -0.2) is 30.2 Å². The predicted molar refractivity (Wildman–Crippen MR) is 75.3 cm³/mol. The van der Waals surface area contributed by atoms with E-state index in [1.54, 1.807) is 0 Å². The molecule has 0 radical (unpaired) electrons. The minimum Gasteiger partial charge on any atom is -0.392 e. The van der Waals surface area contributed by atoms with Crippen molar-refractivity contribution in [2.45, 2.75) is 70.8 Å². The van der Waals surface area contributed by atoms with Crippen LogP contribution in [0.1, 0.15) is 64.7 Å². The zero-order chi connectivity index (χ0) is 13.6. The van der Waals surface area contributed by atoms with Gasteiger partial charge in [0.15, 0.2) is 0 Å². The summed E-state index contributed by atoms with van der Waals surface area (Å²) in [5.41, 5.74) is 5.03. The quantitative estimate of drug-likeness (QED) is 0.442. The first-order valence-electron chi connectivity index (χ1n) is 7.34. The Morgan fingerprint density at radius 1 is 1.17 bits per heavy atom. The van der Waals surface area contributed by atoms with Crippen molar-refractivity contribution in [3.8, 4) is 0 Å². The van der Waals surface area contributed by atoms with E-state index >= 15 is 0 Å². The Labute approximate surface area is 111 Å².